The van der Waals surface area contributed by atoms with Gasteiger partial charge < -0.3 is 10.1 Å². The van der Waals surface area contributed by atoms with Gasteiger partial charge in [-0.25, -0.2) is 8.42 Å². The number of carbonyl (C=O) groups excluding carboxylic acids is 1. The third-order valence-electron chi connectivity index (χ3n) is 5.42. The zero-order chi connectivity index (χ0) is 23.8. The van der Waals surface area contributed by atoms with Crippen LogP contribution in [0.4, 0.5) is 5.69 Å². The second-order valence-corrected chi connectivity index (χ2v) is 9.66. The SMILES string of the molecule is CCc1ccc(N(CC(=O)NCCc2ccc(OC)cc2)S(=O)(=O)c2ccc(C)cc2)cc1. The lowest BCUT2D eigenvalue weighted by Crippen LogP contribution is -2.41. The number of sulfonamides is 1. The predicted octanol–water partition coefficient (Wildman–Crippen LogP) is 4.12. The first kappa shape index (κ1) is 24.3. The Morgan fingerprint density at radius 3 is 2.09 bits per heavy atom. The number of hydrogen-bond donors (Lipinski definition) is 1. The summed E-state index contributed by atoms with van der Waals surface area (Å²) < 4.78 is 33.2. The van der Waals surface area contributed by atoms with Gasteiger partial charge in [0.1, 0.15) is 12.3 Å². The van der Waals surface area contributed by atoms with Crippen molar-refractivity contribution in [3.05, 3.63) is 89.5 Å². The third kappa shape index (κ3) is 6.35. The van der Waals surface area contributed by atoms with Crippen molar-refractivity contribution >= 4 is 21.6 Å². The molecule has 0 spiro atoms. The molecule has 3 rings (SSSR count). The Morgan fingerprint density at radius 2 is 1.52 bits per heavy atom. The summed E-state index contributed by atoms with van der Waals surface area (Å²) in [6.45, 7) is 4.03. The van der Waals surface area contributed by atoms with Gasteiger partial charge >= 0.3 is 0 Å². The van der Waals surface area contributed by atoms with Crippen LogP contribution in [0, 0.1) is 6.92 Å². The molecule has 3 aromatic rings. The molecule has 0 fully saturated rings. The molecule has 0 aliphatic rings. The van der Waals surface area contributed by atoms with Crippen molar-refractivity contribution in [2.45, 2.75) is 31.6 Å². The topological polar surface area (TPSA) is 75.7 Å². The van der Waals surface area contributed by atoms with E-state index in [1.807, 2.05) is 50.2 Å². The van der Waals surface area contributed by atoms with E-state index in [9.17, 15) is 13.2 Å². The van der Waals surface area contributed by atoms with E-state index in [0.29, 0.717) is 18.7 Å². The van der Waals surface area contributed by atoms with Crippen LogP contribution in [-0.2, 0) is 27.7 Å². The monoisotopic (exact) mass is 466 g/mol. The molecule has 0 saturated carbocycles. The second-order valence-electron chi connectivity index (χ2n) is 7.79. The molecule has 0 unspecified atom stereocenters. The van der Waals surface area contributed by atoms with Gasteiger partial charge in [-0.15, -0.1) is 0 Å². The fourth-order valence-corrected chi connectivity index (χ4v) is 4.80. The first-order chi connectivity index (χ1) is 15.8. The van der Waals surface area contributed by atoms with Crippen LogP contribution in [0.15, 0.2) is 77.7 Å². The number of ether oxygens (including phenoxy) is 1. The van der Waals surface area contributed by atoms with Crippen molar-refractivity contribution in [1.29, 1.82) is 0 Å². The molecule has 0 aliphatic heterocycles. The molecule has 0 bridgehead atoms. The molecular formula is C26H30N2O4S. The number of carbonyl (C=O) groups is 1. The van der Waals surface area contributed by atoms with Gasteiger partial charge in [0, 0.05) is 6.54 Å². The quantitative estimate of drug-likeness (QED) is 0.488. The summed E-state index contributed by atoms with van der Waals surface area (Å²) in [7, 11) is -2.30. The molecule has 0 radical (unpaired) electrons. The summed E-state index contributed by atoms with van der Waals surface area (Å²) in [4.78, 5) is 12.9. The van der Waals surface area contributed by atoms with E-state index in [1.165, 1.54) is 4.31 Å². The van der Waals surface area contributed by atoms with Crippen molar-refractivity contribution in [3.8, 4) is 5.75 Å². The smallest absolute Gasteiger partial charge is 0.264 e. The number of methoxy groups -OCH3 is 1. The van der Waals surface area contributed by atoms with Crippen molar-refractivity contribution in [1.82, 2.24) is 5.32 Å². The standard InChI is InChI=1S/C26H30N2O4S/c1-4-21-7-11-23(12-8-21)28(33(30,31)25-15-5-20(2)6-16-25)19-26(29)27-18-17-22-9-13-24(32-3)14-10-22/h5-16H,4,17-19H2,1-3H3,(H,27,29). The largest absolute Gasteiger partial charge is 0.497 e. The maximum Gasteiger partial charge on any atom is 0.264 e. The molecule has 1 amide bonds. The van der Waals surface area contributed by atoms with E-state index in [0.717, 1.165) is 28.9 Å². The molecule has 1 N–H and O–H groups in total. The first-order valence-electron chi connectivity index (χ1n) is 10.9. The summed E-state index contributed by atoms with van der Waals surface area (Å²) in [6.07, 6.45) is 1.47. The van der Waals surface area contributed by atoms with Crippen molar-refractivity contribution in [3.63, 3.8) is 0 Å². The van der Waals surface area contributed by atoms with Gasteiger partial charge in [0.15, 0.2) is 0 Å². The summed E-state index contributed by atoms with van der Waals surface area (Å²) in [6, 6.07) is 21.5. The molecule has 0 aromatic heterocycles. The number of hydrogen-bond acceptors (Lipinski definition) is 4. The molecule has 0 heterocycles. The molecule has 0 saturated heterocycles. The second kappa shape index (κ2) is 11.0. The van der Waals surface area contributed by atoms with E-state index in [2.05, 4.69) is 5.32 Å². The highest BCUT2D eigenvalue weighted by atomic mass is 32.2. The molecular weight excluding hydrogens is 436 g/mol. The van der Waals surface area contributed by atoms with Gasteiger partial charge in [-0.2, -0.15) is 0 Å². The van der Waals surface area contributed by atoms with Crippen LogP contribution in [0.3, 0.4) is 0 Å². The Morgan fingerprint density at radius 1 is 0.909 bits per heavy atom. The molecule has 6 nitrogen and oxygen atoms in total. The summed E-state index contributed by atoms with van der Waals surface area (Å²) in [5.74, 6) is 0.410. The third-order valence-corrected chi connectivity index (χ3v) is 7.21. The molecule has 7 heteroatoms. The molecule has 3 aromatic carbocycles. The summed E-state index contributed by atoms with van der Waals surface area (Å²) in [5.41, 5.74) is 3.56. The number of anilines is 1. The maximum absolute atomic E-state index is 13.4. The van der Waals surface area contributed by atoms with Gasteiger partial charge in [-0.05, 0) is 67.3 Å². The highest BCUT2D eigenvalue weighted by molar-refractivity contribution is 7.92. The van der Waals surface area contributed by atoms with Crippen LogP contribution < -0.4 is 14.4 Å². The Bertz CT molecular complexity index is 1160. The van der Waals surface area contributed by atoms with E-state index in [4.69, 9.17) is 4.74 Å². The van der Waals surface area contributed by atoms with Crippen LogP contribution >= 0.6 is 0 Å². The minimum absolute atomic E-state index is 0.152. The molecule has 33 heavy (non-hydrogen) atoms. The number of rotatable bonds is 10. The lowest BCUT2D eigenvalue weighted by molar-refractivity contribution is -0.119. The van der Waals surface area contributed by atoms with Crippen molar-refractivity contribution in [2.24, 2.45) is 0 Å². The average Bonchev–Trinajstić information content (AvgIpc) is 2.83. The van der Waals surface area contributed by atoms with Crippen LogP contribution in [0.2, 0.25) is 0 Å². The molecule has 174 valence electrons. The number of aryl methyl sites for hydroxylation is 2. The highest BCUT2D eigenvalue weighted by Gasteiger charge is 2.27. The van der Waals surface area contributed by atoms with Gasteiger partial charge in [-0.1, -0.05) is 48.9 Å². The lowest BCUT2D eigenvalue weighted by atomic mass is 10.1. The molecule has 0 aliphatic carbocycles. The highest BCUT2D eigenvalue weighted by Crippen LogP contribution is 2.24. The zero-order valence-electron chi connectivity index (χ0n) is 19.2. The van der Waals surface area contributed by atoms with Crippen LogP contribution in [0.25, 0.3) is 0 Å². The predicted molar refractivity (Wildman–Crippen MR) is 131 cm³/mol. The summed E-state index contributed by atoms with van der Waals surface area (Å²) >= 11 is 0. The Labute approximate surface area is 196 Å². The normalized spacial score (nSPS) is 11.1. The van der Waals surface area contributed by atoms with Gasteiger partial charge in [0.25, 0.3) is 10.0 Å². The number of benzene rings is 3. The van der Waals surface area contributed by atoms with Crippen LogP contribution in [0.5, 0.6) is 5.75 Å². The minimum Gasteiger partial charge on any atom is -0.497 e. The fraction of sp³-hybridized carbons (Fsp3) is 0.269. The lowest BCUT2D eigenvalue weighted by Gasteiger charge is -2.24. The van der Waals surface area contributed by atoms with E-state index in [-0.39, 0.29) is 17.3 Å². The van der Waals surface area contributed by atoms with E-state index < -0.39 is 10.0 Å². The van der Waals surface area contributed by atoms with Gasteiger partial charge in [0.2, 0.25) is 5.91 Å². The van der Waals surface area contributed by atoms with E-state index in [1.54, 1.807) is 43.5 Å². The minimum atomic E-state index is -3.91. The van der Waals surface area contributed by atoms with Crippen LogP contribution in [-0.4, -0.2) is 34.5 Å². The van der Waals surface area contributed by atoms with Crippen molar-refractivity contribution < 1.29 is 17.9 Å². The Hall–Kier alpha value is -3.32. The zero-order valence-corrected chi connectivity index (χ0v) is 20.1. The Kier molecular flexibility index (Phi) is 8.11. The van der Waals surface area contributed by atoms with Gasteiger partial charge in [0.05, 0.1) is 17.7 Å². The van der Waals surface area contributed by atoms with Crippen molar-refractivity contribution in [2.75, 3.05) is 24.5 Å². The van der Waals surface area contributed by atoms with E-state index >= 15 is 0 Å². The fourth-order valence-electron chi connectivity index (χ4n) is 3.38. The average molecular weight is 467 g/mol. The Balaban J connectivity index is 1.75. The number of amides is 1. The molecule has 0 atom stereocenters. The summed E-state index contributed by atoms with van der Waals surface area (Å²) in [5, 5.41) is 2.84. The number of nitrogens with zero attached hydrogens (tertiary/aromatic N) is 1. The van der Waals surface area contributed by atoms with Gasteiger partial charge in [-0.3, -0.25) is 9.10 Å². The first-order valence-corrected chi connectivity index (χ1v) is 12.4. The number of nitrogens with one attached hydrogen (secondary N) is 1. The van der Waals surface area contributed by atoms with Crippen LogP contribution in [0.1, 0.15) is 23.6 Å². The maximum atomic E-state index is 13.4.